The van der Waals surface area contributed by atoms with Gasteiger partial charge in [-0.3, -0.25) is 4.79 Å². The van der Waals surface area contributed by atoms with Crippen molar-refractivity contribution in [3.05, 3.63) is 34.6 Å². The molecule has 1 saturated heterocycles. The lowest BCUT2D eigenvalue weighted by Gasteiger charge is -2.28. The van der Waals surface area contributed by atoms with E-state index in [1.54, 1.807) is 4.90 Å². The molecule has 18 heavy (non-hydrogen) atoms. The van der Waals surface area contributed by atoms with Crippen molar-refractivity contribution in [1.82, 2.24) is 4.90 Å². The van der Waals surface area contributed by atoms with E-state index in [1.165, 1.54) is 12.1 Å². The predicted octanol–water partition coefficient (Wildman–Crippen LogP) is 2.62. The number of amides is 1. The lowest BCUT2D eigenvalue weighted by atomic mass is 10.1. The molecule has 1 atom stereocenters. The summed E-state index contributed by atoms with van der Waals surface area (Å²) in [5, 5.41) is -0.751. The summed E-state index contributed by atoms with van der Waals surface area (Å²) in [5.74, 6) is -0.870. The van der Waals surface area contributed by atoms with Crippen LogP contribution in [0.5, 0.6) is 0 Å². The lowest BCUT2D eigenvalue weighted by Crippen LogP contribution is -2.42. The van der Waals surface area contributed by atoms with Gasteiger partial charge >= 0.3 is 0 Å². The van der Waals surface area contributed by atoms with Crippen LogP contribution in [0.2, 0.25) is 5.02 Å². The number of hydrogen-bond acceptors (Lipinski definition) is 2. The van der Waals surface area contributed by atoms with E-state index in [-0.39, 0.29) is 16.5 Å². The zero-order chi connectivity index (χ0) is 13.1. The quantitative estimate of drug-likeness (QED) is 0.784. The summed E-state index contributed by atoms with van der Waals surface area (Å²) >= 11 is 11.7. The molecular formula is C12H12Cl2FNO2. The van der Waals surface area contributed by atoms with Crippen molar-refractivity contribution in [3.63, 3.8) is 0 Å². The highest BCUT2D eigenvalue weighted by molar-refractivity contribution is 6.31. The molecule has 0 saturated carbocycles. The van der Waals surface area contributed by atoms with Crippen LogP contribution in [0.3, 0.4) is 0 Å². The van der Waals surface area contributed by atoms with Crippen molar-refractivity contribution < 1.29 is 13.9 Å². The Bertz CT molecular complexity index is 450. The van der Waals surface area contributed by atoms with Crippen LogP contribution in [-0.4, -0.2) is 37.1 Å². The Morgan fingerprint density at radius 3 is 2.67 bits per heavy atom. The SMILES string of the molecule is O=C(C(Cl)c1ccc(Cl)cc1F)N1CCOCC1. The van der Waals surface area contributed by atoms with E-state index in [1.807, 2.05) is 0 Å². The zero-order valence-corrected chi connectivity index (χ0v) is 11.0. The largest absolute Gasteiger partial charge is 0.378 e. The van der Waals surface area contributed by atoms with Crippen molar-refractivity contribution in [2.24, 2.45) is 0 Å². The van der Waals surface area contributed by atoms with Gasteiger partial charge in [-0.25, -0.2) is 4.39 Å². The van der Waals surface area contributed by atoms with Crippen LogP contribution in [0, 0.1) is 5.82 Å². The lowest BCUT2D eigenvalue weighted by molar-refractivity contribution is -0.135. The van der Waals surface area contributed by atoms with Crippen LogP contribution in [0.15, 0.2) is 18.2 Å². The molecule has 0 spiro atoms. The monoisotopic (exact) mass is 291 g/mol. The standard InChI is InChI=1S/C12H12Cl2FNO2/c13-8-1-2-9(10(15)7-8)11(14)12(17)16-3-5-18-6-4-16/h1-2,7,11H,3-6H2. The van der Waals surface area contributed by atoms with Gasteiger partial charge in [-0.05, 0) is 12.1 Å². The average Bonchev–Trinajstić information content (AvgIpc) is 2.38. The number of carbonyl (C=O) groups excluding carboxylic acids is 1. The minimum absolute atomic E-state index is 0.151. The van der Waals surface area contributed by atoms with Crippen LogP contribution in [0.25, 0.3) is 0 Å². The summed E-state index contributed by atoms with van der Waals surface area (Å²) in [6.45, 7) is 1.94. The Labute approximate surface area is 114 Å². The van der Waals surface area contributed by atoms with E-state index in [0.717, 1.165) is 6.07 Å². The van der Waals surface area contributed by atoms with Crippen molar-refractivity contribution in [2.45, 2.75) is 5.38 Å². The van der Waals surface area contributed by atoms with Gasteiger partial charge in [0.15, 0.2) is 0 Å². The molecule has 1 aromatic rings. The Morgan fingerprint density at radius 1 is 1.39 bits per heavy atom. The molecular weight excluding hydrogens is 280 g/mol. The van der Waals surface area contributed by atoms with E-state index in [9.17, 15) is 9.18 Å². The zero-order valence-electron chi connectivity index (χ0n) is 9.54. The highest BCUT2D eigenvalue weighted by Gasteiger charge is 2.27. The first-order valence-corrected chi connectivity index (χ1v) is 6.36. The Balaban J connectivity index is 2.14. The summed E-state index contributed by atoms with van der Waals surface area (Å²) in [4.78, 5) is 13.7. The molecule has 1 fully saturated rings. The first-order chi connectivity index (χ1) is 8.59. The third kappa shape index (κ3) is 2.94. The fraction of sp³-hybridized carbons (Fsp3) is 0.417. The number of ether oxygens (including phenoxy) is 1. The molecule has 0 N–H and O–H groups in total. The maximum atomic E-state index is 13.7. The number of rotatable bonds is 2. The van der Waals surface area contributed by atoms with Crippen molar-refractivity contribution in [1.29, 1.82) is 0 Å². The number of hydrogen-bond donors (Lipinski definition) is 0. The molecule has 1 aliphatic rings. The normalized spacial score (nSPS) is 17.6. The highest BCUT2D eigenvalue weighted by atomic mass is 35.5. The molecule has 1 amide bonds. The Kier molecular flexibility index (Phi) is 4.43. The molecule has 1 aliphatic heterocycles. The molecule has 1 heterocycles. The summed E-state index contributed by atoms with van der Waals surface area (Å²) in [5.41, 5.74) is 0.151. The third-order valence-electron chi connectivity index (χ3n) is 2.78. The highest BCUT2D eigenvalue weighted by Crippen LogP contribution is 2.27. The number of benzene rings is 1. The minimum Gasteiger partial charge on any atom is -0.378 e. The molecule has 98 valence electrons. The topological polar surface area (TPSA) is 29.5 Å². The van der Waals surface area contributed by atoms with E-state index in [2.05, 4.69) is 0 Å². The van der Waals surface area contributed by atoms with Crippen LogP contribution >= 0.6 is 23.2 Å². The van der Waals surface area contributed by atoms with Crippen LogP contribution in [0.4, 0.5) is 4.39 Å². The maximum absolute atomic E-state index is 13.7. The summed E-state index contributed by atoms with van der Waals surface area (Å²) in [6, 6.07) is 4.11. The van der Waals surface area contributed by atoms with Gasteiger partial charge in [0.1, 0.15) is 11.2 Å². The summed E-state index contributed by atoms with van der Waals surface area (Å²) in [7, 11) is 0. The van der Waals surface area contributed by atoms with Gasteiger partial charge in [0.25, 0.3) is 0 Å². The molecule has 2 rings (SSSR count). The number of alkyl halides is 1. The first-order valence-electron chi connectivity index (χ1n) is 5.55. The summed E-state index contributed by atoms with van der Waals surface area (Å²) < 4.78 is 18.8. The van der Waals surface area contributed by atoms with Crippen LogP contribution < -0.4 is 0 Å². The third-order valence-corrected chi connectivity index (χ3v) is 3.43. The van der Waals surface area contributed by atoms with Crippen molar-refractivity contribution in [3.8, 4) is 0 Å². The molecule has 0 aliphatic carbocycles. The summed E-state index contributed by atoms with van der Waals surface area (Å²) in [6.07, 6.45) is 0. The predicted molar refractivity (Wildman–Crippen MR) is 67.4 cm³/mol. The number of halogens is 3. The minimum atomic E-state index is -1.03. The molecule has 0 radical (unpaired) electrons. The molecule has 1 unspecified atom stereocenters. The van der Waals surface area contributed by atoms with Crippen molar-refractivity contribution in [2.75, 3.05) is 26.3 Å². The number of nitrogens with zero attached hydrogens (tertiary/aromatic N) is 1. The second-order valence-corrected chi connectivity index (χ2v) is 4.84. The van der Waals surface area contributed by atoms with Gasteiger partial charge in [0, 0.05) is 23.7 Å². The van der Waals surface area contributed by atoms with Gasteiger partial charge in [0.05, 0.1) is 13.2 Å². The maximum Gasteiger partial charge on any atom is 0.245 e. The number of carbonyl (C=O) groups is 1. The van der Waals surface area contributed by atoms with E-state index >= 15 is 0 Å². The fourth-order valence-corrected chi connectivity index (χ4v) is 2.26. The van der Waals surface area contributed by atoms with Gasteiger partial charge < -0.3 is 9.64 Å². The molecule has 0 bridgehead atoms. The molecule has 3 nitrogen and oxygen atoms in total. The second kappa shape index (κ2) is 5.87. The van der Waals surface area contributed by atoms with Gasteiger partial charge in [-0.2, -0.15) is 0 Å². The van der Waals surface area contributed by atoms with E-state index in [4.69, 9.17) is 27.9 Å². The Morgan fingerprint density at radius 2 is 2.06 bits per heavy atom. The van der Waals surface area contributed by atoms with Crippen LogP contribution in [-0.2, 0) is 9.53 Å². The van der Waals surface area contributed by atoms with Gasteiger partial charge in [-0.15, -0.1) is 11.6 Å². The van der Waals surface area contributed by atoms with Gasteiger partial charge in [-0.1, -0.05) is 17.7 Å². The van der Waals surface area contributed by atoms with Crippen molar-refractivity contribution >= 4 is 29.1 Å². The molecule has 6 heteroatoms. The van der Waals surface area contributed by atoms with E-state index in [0.29, 0.717) is 26.3 Å². The van der Waals surface area contributed by atoms with Gasteiger partial charge in [0.2, 0.25) is 5.91 Å². The molecule has 0 aromatic heterocycles. The van der Waals surface area contributed by atoms with Crippen LogP contribution in [0.1, 0.15) is 10.9 Å². The van der Waals surface area contributed by atoms with E-state index < -0.39 is 11.2 Å². The first kappa shape index (κ1) is 13.6. The fourth-order valence-electron chi connectivity index (χ4n) is 1.78. The molecule has 1 aromatic carbocycles. The average molecular weight is 292 g/mol. The number of morpholine rings is 1. The second-order valence-electron chi connectivity index (χ2n) is 3.97. The Hall–Kier alpha value is -0.840. The smallest absolute Gasteiger partial charge is 0.245 e.